The number of carbonyl (C=O) groups is 2. The van der Waals surface area contributed by atoms with Crippen molar-refractivity contribution in [1.82, 2.24) is 14.9 Å². The van der Waals surface area contributed by atoms with Crippen LogP contribution in [0.3, 0.4) is 0 Å². The van der Waals surface area contributed by atoms with E-state index in [1.54, 1.807) is 35.0 Å². The van der Waals surface area contributed by atoms with Gasteiger partial charge in [0.1, 0.15) is 5.82 Å². The Kier molecular flexibility index (Phi) is 5.20. The number of para-hydroxylation sites is 1. The minimum absolute atomic E-state index is 0.0724. The Morgan fingerprint density at radius 2 is 2.00 bits per heavy atom. The Hall–Kier alpha value is -2.99. The lowest BCUT2D eigenvalue weighted by molar-refractivity contribution is -0.135. The number of nitrogens with zero attached hydrogens (tertiary/aromatic N) is 4. The van der Waals surface area contributed by atoms with E-state index in [1.165, 1.54) is 0 Å². The topological polar surface area (TPSA) is 66.4 Å². The summed E-state index contributed by atoms with van der Waals surface area (Å²) in [5, 5.41) is 1.56. The average Bonchev–Trinajstić information content (AvgIpc) is 3.09. The number of aromatic nitrogens is 2. The van der Waals surface area contributed by atoms with E-state index >= 15 is 0 Å². The molecule has 0 bridgehead atoms. The highest BCUT2D eigenvalue weighted by Crippen LogP contribution is 2.28. The molecule has 0 aliphatic carbocycles. The van der Waals surface area contributed by atoms with Gasteiger partial charge >= 0.3 is 0 Å². The molecular weight excluding hydrogens is 388 g/mol. The summed E-state index contributed by atoms with van der Waals surface area (Å²) in [7, 11) is 1.72. The molecule has 1 unspecified atom stereocenters. The summed E-state index contributed by atoms with van der Waals surface area (Å²) in [5.74, 6) is 0.0372. The fourth-order valence-electron chi connectivity index (χ4n) is 3.73. The van der Waals surface area contributed by atoms with Crippen LogP contribution in [-0.4, -0.2) is 40.3 Å². The van der Waals surface area contributed by atoms with Crippen LogP contribution in [0, 0.1) is 12.8 Å². The van der Waals surface area contributed by atoms with Gasteiger partial charge in [-0.3, -0.25) is 9.59 Å². The zero-order valence-corrected chi connectivity index (χ0v) is 17.1. The fourth-order valence-corrected chi connectivity index (χ4v) is 3.92. The van der Waals surface area contributed by atoms with Crippen LogP contribution in [0.15, 0.2) is 48.5 Å². The number of hydrogen-bond acceptors (Lipinski definition) is 4. The van der Waals surface area contributed by atoms with Gasteiger partial charge in [0.25, 0.3) is 0 Å². The van der Waals surface area contributed by atoms with Crippen molar-refractivity contribution in [1.29, 1.82) is 0 Å². The van der Waals surface area contributed by atoms with Crippen molar-refractivity contribution in [3.8, 4) is 0 Å². The molecule has 1 fully saturated rings. The van der Waals surface area contributed by atoms with Gasteiger partial charge in [0.2, 0.25) is 11.8 Å². The molecule has 29 heavy (non-hydrogen) atoms. The van der Waals surface area contributed by atoms with Gasteiger partial charge < -0.3 is 9.80 Å². The molecule has 1 saturated heterocycles. The molecule has 148 valence electrons. The maximum absolute atomic E-state index is 13.0. The monoisotopic (exact) mass is 408 g/mol. The second-order valence-electron chi connectivity index (χ2n) is 7.32. The van der Waals surface area contributed by atoms with Gasteiger partial charge in [0.15, 0.2) is 0 Å². The molecule has 6 nitrogen and oxygen atoms in total. The number of fused-ring (bicyclic) bond motifs is 1. The van der Waals surface area contributed by atoms with Crippen LogP contribution in [0.1, 0.15) is 17.9 Å². The predicted molar refractivity (Wildman–Crippen MR) is 113 cm³/mol. The fraction of sp³-hybridized carbons (Fsp3) is 0.273. The van der Waals surface area contributed by atoms with Crippen molar-refractivity contribution in [2.45, 2.75) is 19.9 Å². The summed E-state index contributed by atoms with van der Waals surface area (Å²) in [5.41, 5.74) is 2.46. The van der Waals surface area contributed by atoms with E-state index in [9.17, 15) is 9.59 Å². The Labute approximate surface area is 174 Å². The smallest absolute Gasteiger partial charge is 0.228 e. The molecule has 7 heteroatoms. The van der Waals surface area contributed by atoms with Gasteiger partial charge in [-0.25, -0.2) is 9.97 Å². The van der Waals surface area contributed by atoms with Crippen molar-refractivity contribution in [3.63, 3.8) is 0 Å². The van der Waals surface area contributed by atoms with Crippen molar-refractivity contribution in [2.75, 3.05) is 18.5 Å². The summed E-state index contributed by atoms with van der Waals surface area (Å²) in [6.07, 6.45) is 0.188. The molecule has 3 aromatic rings. The maximum Gasteiger partial charge on any atom is 0.228 e. The quantitative estimate of drug-likeness (QED) is 0.661. The third kappa shape index (κ3) is 3.93. The highest BCUT2D eigenvalue weighted by molar-refractivity contribution is 6.31. The number of amides is 2. The highest BCUT2D eigenvalue weighted by atomic mass is 35.5. The Morgan fingerprint density at radius 3 is 2.79 bits per heavy atom. The first-order chi connectivity index (χ1) is 13.9. The lowest BCUT2D eigenvalue weighted by Gasteiger charge is -2.21. The van der Waals surface area contributed by atoms with Gasteiger partial charge in [-0.05, 0) is 31.2 Å². The average molecular weight is 409 g/mol. The van der Waals surface area contributed by atoms with E-state index in [0.29, 0.717) is 29.6 Å². The lowest BCUT2D eigenvalue weighted by atomic mass is 10.1. The van der Waals surface area contributed by atoms with E-state index in [-0.39, 0.29) is 18.2 Å². The van der Waals surface area contributed by atoms with Crippen LogP contribution < -0.4 is 4.90 Å². The SMILES string of the molecule is Cc1nc(CN(C)C(=O)C2CC(=O)N(c3cccc(Cl)c3)C2)nc2ccccc12. The zero-order chi connectivity index (χ0) is 20.5. The van der Waals surface area contributed by atoms with E-state index in [1.807, 2.05) is 37.3 Å². The standard InChI is InChI=1S/C22H21ClN4O2/c1-14-18-8-3-4-9-19(18)25-20(24-14)13-26(2)22(29)15-10-21(28)27(12-15)17-7-5-6-16(23)11-17/h3-9,11,15H,10,12-13H2,1-2H3. The summed E-state index contributed by atoms with van der Waals surface area (Å²) in [4.78, 5) is 37.8. The van der Waals surface area contributed by atoms with E-state index < -0.39 is 5.92 Å². The second kappa shape index (κ2) is 7.79. The normalized spacial score (nSPS) is 16.4. The van der Waals surface area contributed by atoms with E-state index in [0.717, 1.165) is 16.6 Å². The third-order valence-corrected chi connectivity index (χ3v) is 5.42. The first-order valence-electron chi connectivity index (χ1n) is 9.45. The van der Waals surface area contributed by atoms with Gasteiger partial charge in [0.05, 0.1) is 18.0 Å². The van der Waals surface area contributed by atoms with E-state index in [2.05, 4.69) is 9.97 Å². The van der Waals surface area contributed by atoms with Crippen LogP contribution in [0.5, 0.6) is 0 Å². The molecule has 0 saturated carbocycles. The number of anilines is 1. The number of hydrogen-bond donors (Lipinski definition) is 0. The predicted octanol–water partition coefficient (Wildman–Crippen LogP) is 3.60. The number of benzene rings is 2. The summed E-state index contributed by atoms with van der Waals surface area (Å²) >= 11 is 6.04. The van der Waals surface area contributed by atoms with E-state index in [4.69, 9.17) is 11.6 Å². The first-order valence-corrected chi connectivity index (χ1v) is 9.83. The number of aryl methyl sites for hydroxylation is 1. The van der Waals surface area contributed by atoms with Gasteiger partial charge in [-0.1, -0.05) is 35.9 Å². The Bertz CT molecular complexity index is 1100. The van der Waals surface area contributed by atoms with Crippen molar-refractivity contribution in [2.24, 2.45) is 5.92 Å². The number of carbonyl (C=O) groups excluding carboxylic acids is 2. The molecule has 4 rings (SSSR count). The molecule has 2 amide bonds. The van der Waals surface area contributed by atoms with Crippen molar-refractivity contribution in [3.05, 3.63) is 65.1 Å². The molecule has 0 radical (unpaired) electrons. The van der Waals surface area contributed by atoms with Crippen molar-refractivity contribution >= 4 is 40.0 Å². The minimum Gasteiger partial charge on any atom is -0.338 e. The molecule has 1 aliphatic rings. The maximum atomic E-state index is 13.0. The molecule has 1 aromatic heterocycles. The van der Waals surface area contributed by atoms with Crippen LogP contribution >= 0.6 is 11.6 Å². The van der Waals surface area contributed by atoms with Crippen LogP contribution in [0.4, 0.5) is 5.69 Å². The van der Waals surface area contributed by atoms with Gasteiger partial charge in [-0.15, -0.1) is 0 Å². The number of halogens is 1. The molecule has 1 atom stereocenters. The minimum atomic E-state index is -0.395. The Morgan fingerprint density at radius 1 is 1.21 bits per heavy atom. The largest absolute Gasteiger partial charge is 0.338 e. The van der Waals surface area contributed by atoms with Crippen LogP contribution in [0.2, 0.25) is 5.02 Å². The molecule has 2 aromatic carbocycles. The van der Waals surface area contributed by atoms with Gasteiger partial charge in [0, 0.05) is 41.8 Å². The number of rotatable bonds is 4. The van der Waals surface area contributed by atoms with Crippen molar-refractivity contribution < 1.29 is 9.59 Å². The van der Waals surface area contributed by atoms with Gasteiger partial charge in [-0.2, -0.15) is 0 Å². The summed E-state index contributed by atoms with van der Waals surface area (Å²) in [6.45, 7) is 2.58. The molecule has 2 heterocycles. The Balaban J connectivity index is 1.48. The summed E-state index contributed by atoms with van der Waals surface area (Å²) < 4.78 is 0. The second-order valence-corrected chi connectivity index (χ2v) is 7.76. The lowest BCUT2D eigenvalue weighted by Crippen LogP contribution is -2.34. The zero-order valence-electron chi connectivity index (χ0n) is 16.3. The third-order valence-electron chi connectivity index (χ3n) is 5.19. The molecule has 0 spiro atoms. The summed E-state index contributed by atoms with van der Waals surface area (Å²) in [6, 6.07) is 14.9. The highest BCUT2D eigenvalue weighted by Gasteiger charge is 2.36. The first kappa shape index (κ1) is 19.3. The van der Waals surface area contributed by atoms with Crippen LogP contribution in [-0.2, 0) is 16.1 Å². The molecular formula is C22H21ClN4O2. The molecule has 0 N–H and O–H groups in total. The van der Waals surface area contributed by atoms with Crippen LogP contribution in [0.25, 0.3) is 10.9 Å². The molecule has 1 aliphatic heterocycles.